The maximum absolute atomic E-state index is 5.98. The van der Waals surface area contributed by atoms with Crippen LogP contribution in [-0.2, 0) is 0 Å². The van der Waals surface area contributed by atoms with Crippen molar-refractivity contribution in [2.24, 2.45) is 5.10 Å². The smallest absolute Gasteiger partial charge is 0.189 e. The van der Waals surface area contributed by atoms with E-state index in [9.17, 15) is 0 Å². The molecule has 0 aromatic carbocycles. The molecule has 0 saturated carbocycles. The summed E-state index contributed by atoms with van der Waals surface area (Å²) >= 11 is 11.4. The average Bonchev–Trinajstić information content (AvgIpc) is 2.52. The van der Waals surface area contributed by atoms with Gasteiger partial charge in [0.1, 0.15) is 5.69 Å². The molecule has 1 fully saturated rings. The summed E-state index contributed by atoms with van der Waals surface area (Å²) in [7, 11) is 0. The molecule has 0 radical (unpaired) electrons. The second kappa shape index (κ2) is 6.76. The predicted molar refractivity (Wildman–Crippen MR) is 93.7 cm³/mol. The number of hydrogen-bond donors (Lipinski definition) is 3. The topological polar surface area (TPSA) is 64.6 Å². The van der Waals surface area contributed by atoms with E-state index in [1.54, 1.807) is 6.20 Å². The van der Waals surface area contributed by atoms with Crippen LogP contribution in [0.2, 0.25) is 5.02 Å². The molecule has 1 aromatic heterocycles. The Bertz CT molecular complexity index is 605. The molecule has 3 rings (SSSR count). The van der Waals surface area contributed by atoms with Gasteiger partial charge in [0, 0.05) is 44.8 Å². The van der Waals surface area contributed by atoms with Gasteiger partial charge in [-0.2, -0.15) is 5.10 Å². The van der Waals surface area contributed by atoms with E-state index in [1.807, 2.05) is 6.07 Å². The molecular weight excluding hydrogens is 320 g/mol. The number of aromatic nitrogens is 1. The van der Waals surface area contributed by atoms with Crippen molar-refractivity contribution in [3.63, 3.8) is 0 Å². The third-order valence-electron chi connectivity index (χ3n) is 3.75. The number of hydrogen-bond acceptors (Lipinski definition) is 5. The van der Waals surface area contributed by atoms with Crippen LogP contribution < -0.4 is 16.1 Å². The Morgan fingerprint density at radius 1 is 1.55 bits per heavy atom. The van der Waals surface area contributed by atoms with E-state index >= 15 is 0 Å². The first-order valence-electron chi connectivity index (χ1n) is 7.38. The molecule has 22 heavy (non-hydrogen) atoms. The van der Waals surface area contributed by atoms with Gasteiger partial charge in [-0.1, -0.05) is 11.6 Å². The fraction of sp³-hybridized carbons (Fsp3) is 0.500. The minimum atomic E-state index is 0.435. The van der Waals surface area contributed by atoms with Crippen LogP contribution in [0.4, 0.5) is 5.69 Å². The Kier molecular flexibility index (Phi) is 4.75. The van der Waals surface area contributed by atoms with E-state index in [-0.39, 0.29) is 0 Å². The second-order valence-corrected chi connectivity index (χ2v) is 6.33. The van der Waals surface area contributed by atoms with Crippen LogP contribution >= 0.6 is 23.8 Å². The van der Waals surface area contributed by atoms with Crippen molar-refractivity contribution in [2.75, 3.05) is 31.5 Å². The van der Waals surface area contributed by atoms with Crippen molar-refractivity contribution < 1.29 is 0 Å². The van der Waals surface area contributed by atoms with Crippen LogP contribution in [0.3, 0.4) is 0 Å². The van der Waals surface area contributed by atoms with Gasteiger partial charge in [-0.05, 0) is 25.2 Å². The van der Waals surface area contributed by atoms with Crippen LogP contribution in [-0.4, -0.2) is 52.9 Å². The molecule has 1 saturated heterocycles. The lowest BCUT2D eigenvalue weighted by Crippen LogP contribution is -2.53. The average molecular weight is 339 g/mol. The predicted octanol–water partition coefficient (Wildman–Crippen LogP) is 1.42. The highest BCUT2D eigenvalue weighted by molar-refractivity contribution is 7.80. The van der Waals surface area contributed by atoms with E-state index in [0.29, 0.717) is 16.2 Å². The third-order valence-corrected chi connectivity index (χ3v) is 4.30. The van der Waals surface area contributed by atoms with Crippen molar-refractivity contribution in [1.82, 2.24) is 20.6 Å². The zero-order valence-electron chi connectivity index (χ0n) is 12.4. The molecule has 0 spiro atoms. The van der Waals surface area contributed by atoms with Gasteiger partial charge in [0.05, 0.1) is 16.4 Å². The summed E-state index contributed by atoms with van der Waals surface area (Å²) in [5.74, 6) is 0. The minimum absolute atomic E-state index is 0.435. The minimum Gasteiger partial charge on any atom is -0.383 e. The van der Waals surface area contributed by atoms with Gasteiger partial charge >= 0.3 is 0 Å². The van der Waals surface area contributed by atoms with Crippen LogP contribution in [0.5, 0.6) is 0 Å². The maximum Gasteiger partial charge on any atom is 0.189 e. The van der Waals surface area contributed by atoms with Crippen molar-refractivity contribution in [2.45, 2.75) is 19.4 Å². The first kappa shape index (κ1) is 15.5. The summed E-state index contributed by atoms with van der Waals surface area (Å²) in [5.41, 5.74) is 5.66. The summed E-state index contributed by atoms with van der Waals surface area (Å²) in [4.78, 5) is 6.51. The molecule has 2 aliphatic rings. The molecule has 8 heteroatoms. The fourth-order valence-electron chi connectivity index (χ4n) is 2.65. The van der Waals surface area contributed by atoms with Gasteiger partial charge in [0.2, 0.25) is 0 Å². The Hall–Kier alpha value is -1.44. The molecule has 1 unspecified atom stereocenters. The number of pyridine rings is 1. The molecule has 0 bridgehead atoms. The van der Waals surface area contributed by atoms with E-state index < -0.39 is 0 Å². The molecule has 6 nitrogen and oxygen atoms in total. The number of rotatable bonds is 1. The highest BCUT2D eigenvalue weighted by atomic mass is 35.5. The second-order valence-electron chi connectivity index (χ2n) is 5.50. The Labute approximate surface area is 140 Å². The number of anilines is 1. The summed E-state index contributed by atoms with van der Waals surface area (Å²) in [6.07, 6.45) is 2.44. The van der Waals surface area contributed by atoms with Gasteiger partial charge in [-0.15, -0.1) is 0 Å². The van der Waals surface area contributed by atoms with Crippen molar-refractivity contribution in [1.29, 1.82) is 0 Å². The van der Waals surface area contributed by atoms with Crippen LogP contribution in [0.1, 0.15) is 19.0 Å². The largest absolute Gasteiger partial charge is 0.383 e. The van der Waals surface area contributed by atoms with Crippen LogP contribution in [0.25, 0.3) is 0 Å². The molecule has 118 valence electrons. The van der Waals surface area contributed by atoms with Gasteiger partial charge in [0.25, 0.3) is 0 Å². The summed E-state index contributed by atoms with van der Waals surface area (Å²) in [6, 6.07) is 2.30. The van der Waals surface area contributed by atoms with Crippen molar-refractivity contribution in [3.05, 3.63) is 23.0 Å². The molecule has 1 aromatic rings. The van der Waals surface area contributed by atoms with Crippen molar-refractivity contribution >= 4 is 40.3 Å². The number of fused-ring (bicyclic) bond motifs is 1. The lowest BCUT2D eigenvalue weighted by molar-refractivity contribution is 0.301. The summed E-state index contributed by atoms with van der Waals surface area (Å²) < 4.78 is 0. The maximum atomic E-state index is 5.98. The number of thiocarbonyl (C=S) groups is 1. The molecule has 3 heterocycles. The third kappa shape index (κ3) is 3.48. The zero-order valence-corrected chi connectivity index (χ0v) is 14.0. The molecule has 2 aliphatic heterocycles. The molecule has 0 aliphatic carbocycles. The number of halogens is 1. The first-order chi connectivity index (χ1) is 10.6. The Balaban J connectivity index is 1.70. The number of nitrogens with one attached hydrogen (secondary N) is 3. The van der Waals surface area contributed by atoms with Crippen molar-refractivity contribution in [3.8, 4) is 0 Å². The Morgan fingerprint density at radius 2 is 2.41 bits per heavy atom. The van der Waals surface area contributed by atoms with E-state index in [2.05, 4.69) is 38.0 Å². The fourth-order valence-corrected chi connectivity index (χ4v) is 3.02. The molecule has 1 atom stereocenters. The van der Waals surface area contributed by atoms with Gasteiger partial charge < -0.3 is 15.5 Å². The molecule has 0 amide bonds. The normalized spacial score (nSPS) is 22.9. The van der Waals surface area contributed by atoms with Gasteiger partial charge in [-0.3, -0.25) is 10.4 Å². The number of piperazine rings is 1. The lowest BCUT2D eigenvalue weighted by Gasteiger charge is -2.33. The quantitative estimate of drug-likeness (QED) is 0.532. The highest BCUT2D eigenvalue weighted by Gasteiger charge is 2.19. The highest BCUT2D eigenvalue weighted by Crippen LogP contribution is 2.23. The van der Waals surface area contributed by atoms with Crippen LogP contribution in [0.15, 0.2) is 17.4 Å². The standard InChI is InChI=1S/C14H19ClN6S/c1-9-8-21(5-4-16-9)14(22)20-19-11-2-3-17-12-6-10(15)7-18-13(11)12/h6-7,9,16-17H,2-5,8H2,1H3,(H,20,22)/b19-11-. The number of nitrogens with zero attached hydrogens (tertiary/aromatic N) is 3. The van der Waals surface area contributed by atoms with E-state index in [4.69, 9.17) is 23.8 Å². The van der Waals surface area contributed by atoms with Gasteiger partial charge in [-0.25, -0.2) is 0 Å². The van der Waals surface area contributed by atoms with E-state index in [1.165, 1.54) is 0 Å². The molecular formula is C14H19ClN6S. The molecule has 3 N–H and O–H groups in total. The Morgan fingerprint density at radius 3 is 3.23 bits per heavy atom. The van der Waals surface area contributed by atoms with Gasteiger partial charge in [0.15, 0.2) is 5.11 Å². The lowest BCUT2D eigenvalue weighted by atomic mass is 10.1. The van der Waals surface area contributed by atoms with E-state index in [0.717, 1.165) is 49.7 Å². The summed E-state index contributed by atoms with van der Waals surface area (Å²) in [6.45, 7) is 5.69. The first-order valence-corrected chi connectivity index (χ1v) is 8.17. The SMILES string of the molecule is CC1CN(C(=S)N/N=C2/CCNc3cc(Cl)cnc32)CCN1. The number of hydrazone groups is 1. The zero-order chi connectivity index (χ0) is 15.5. The summed E-state index contributed by atoms with van der Waals surface area (Å²) in [5, 5.41) is 12.4. The van der Waals surface area contributed by atoms with Crippen LogP contribution in [0, 0.1) is 0 Å². The monoisotopic (exact) mass is 338 g/mol.